The quantitative estimate of drug-likeness (QED) is 0.239. The maximum Gasteiger partial charge on any atom is 0.191 e. The van der Waals surface area contributed by atoms with Gasteiger partial charge in [-0.1, -0.05) is 12.8 Å². The van der Waals surface area contributed by atoms with Crippen LogP contribution in [0.4, 0.5) is 0 Å². The van der Waals surface area contributed by atoms with Gasteiger partial charge in [-0.3, -0.25) is 9.89 Å². The lowest BCUT2D eigenvalue weighted by atomic mass is 10.2. The lowest BCUT2D eigenvalue weighted by Crippen LogP contribution is -2.45. The molecular weight excluding hydrogens is 427 g/mol. The van der Waals surface area contributed by atoms with Gasteiger partial charge in [-0.25, -0.2) is 0 Å². The van der Waals surface area contributed by atoms with Crippen LogP contribution < -0.4 is 10.6 Å². The summed E-state index contributed by atoms with van der Waals surface area (Å²) in [5, 5.41) is 7.04. The Morgan fingerprint density at radius 3 is 2.68 bits per heavy atom. The van der Waals surface area contributed by atoms with Gasteiger partial charge < -0.3 is 15.4 Å². The van der Waals surface area contributed by atoms with Crippen LogP contribution in [-0.2, 0) is 4.74 Å². The number of ether oxygens (including phenoxy) is 1. The minimum absolute atomic E-state index is 0. The number of halogens is 1. The zero-order chi connectivity index (χ0) is 16.6. The zero-order valence-corrected chi connectivity index (χ0v) is 18.2. The molecule has 3 fully saturated rings. The van der Waals surface area contributed by atoms with Crippen molar-refractivity contribution in [3.63, 3.8) is 0 Å². The van der Waals surface area contributed by atoms with Crippen molar-refractivity contribution in [1.29, 1.82) is 0 Å². The minimum Gasteiger partial charge on any atom is -0.381 e. The smallest absolute Gasteiger partial charge is 0.191 e. The zero-order valence-electron chi connectivity index (χ0n) is 15.8. The highest BCUT2D eigenvalue weighted by Crippen LogP contribution is 2.28. The Hall–Kier alpha value is -0.0800. The van der Waals surface area contributed by atoms with Gasteiger partial charge in [0.15, 0.2) is 5.96 Å². The Bertz CT molecular complexity index is 397. The third-order valence-corrected chi connectivity index (χ3v) is 5.51. The Labute approximate surface area is 170 Å². The van der Waals surface area contributed by atoms with E-state index < -0.39 is 0 Å². The van der Waals surface area contributed by atoms with Crippen LogP contribution in [0.1, 0.15) is 58.3 Å². The average molecular weight is 464 g/mol. The van der Waals surface area contributed by atoms with Crippen molar-refractivity contribution in [2.24, 2.45) is 10.9 Å². The second kappa shape index (κ2) is 11.6. The van der Waals surface area contributed by atoms with E-state index in [-0.39, 0.29) is 24.0 Å². The van der Waals surface area contributed by atoms with E-state index in [1.54, 1.807) is 0 Å². The molecule has 0 spiro atoms. The maximum absolute atomic E-state index is 5.69. The van der Waals surface area contributed by atoms with Crippen LogP contribution in [0.2, 0.25) is 0 Å². The summed E-state index contributed by atoms with van der Waals surface area (Å²) < 4.78 is 5.69. The van der Waals surface area contributed by atoms with Crippen molar-refractivity contribution in [3.05, 3.63) is 0 Å². The molecule has 1 atom stereocenters. The topological polar surface area (TPSA) is 48.9 Å². The minimum atomic E-state index is 0. The second-order valence-corrected chi connectivity index (χ2v) is 7.70. The van der Waals surface area contributed by atoms with E-state index in [0.717, 1.165) is 50.6 Å². The molecule has 0 bridgehead atoms. The summed E-state index contributed by atoms with van der Waals surface area (Å²) in [5.41, 5.74) is 0. The number of guanidine groups is 1. The SMILES string of the molecule is CCNC(=NCCCOCC1CC1)NC1CCN(C2CCCC2)C1.I. The van der Waals surface area contributed by atoms with E-state index in [9.17, 15) is 0 Å². The summed E-state index contributed by atoms with van der Waals surface area (Å²) in [7, 11) is 0. The first kappa shape index (κ1) is 21.2. The summed E-state index contributed by atoms with van der Waals surface area (Å²) in [6.45, 7) is 8.13. The van der Waals surface area contributed by atoms with Crippen LogP contribution in [0, 0.1) is 5.92 Å². The molecule has 1 unspecified atom stereocenters. The molecule has 0 amide bonds. The van der Waals surface area contributed by atoms with Gasteiger partial charge in [0.05, 0.1) is 0 Å². The molecule has 5 nitrogen and oxygen atoms in total. The van der Waals surface area contributed by atoms with Gasteiger partial charge in [0.25, 0.3) is 0 Å². The standard InChI is InChI=1S/C19H36N4O.HI/c1-2-20-19(21-11-5-13-24-15-16-8-9-16)22-17-10-12-23(14-17)18-6-3-4-7-18;/h16-18H,2-15H2,1H3,(H2,20,21,22);1H. The molecular formula is C19H37IN4O. The Morgan fingerprint density at radius 2 is 1.96 bits per heavy atom. The third kappa shape index (κ3) is 7.59. The van der Waals surface area contributed by atoms with E-state index in [2.05, 4.69) is 22.5 Å². The monoisotopic (exact) mass is 464 g/mol. The van der Waals surface area contributed by atoms with Gasteiger partial charge in [-0.2, -0.15) is 0 Å². The first-order valence-corrected chi connectivity index (χ1v) is 10.2. The van der Waals surface area contributed by atoms with Crippen LogP contribution >= 0.6 is 24.0 Å². The van der Waals surface area contributed by atoms with Crippen LogP contribution in [0.25, 0.3) is 0 Å². The normalized spacial score (nSPS) is 25.2. The van der Waals surface area contributed by atoms with Crippen LogP contribution in [0.5, 0.6) is 0 Å². The number of aliphatic imine (C=N–C) groups is 1. The molecule has 0 radical (unpaired) electrons. The second-order valence-electron chi connectivity index (χ2n) is 7.70. The molecule has 2 saturated carbocycles. The first-order valence-electron chi connectivity index (χ1n) is 10.2. The highest BCUT2D eigenvalue weighted by Gasteiger charge is 2.30. The molecule has 0 aromatic carbocycles. The fourth-order valence-corrected chi connectivity index (χ4v) is 3.91. The molecule has 0 aromatic rings. The van der Waals surface area contributed by atoms with Gasteiger partial charge in [0.1, 0.15) is 0 Å². The van der Waals surface area contributed by atoms with Crippen LogP contribution in [0.3, 0.4) is 0 Å². The van der Waals surface area contributed by atoms with Gasteiger partial charge in [0.2, 0.25) is 0 Å². The molecule has 3 aliphatic rings. The summed E-state index contributed by atoms with van der Waals surface area (Å²) in [4.78, 5) is 7.42. The van der Waals surface area contributed by atoms with E-state index in [4.69, 9.17) is 9.73 Å². The predicted octanol–water partition coefficient (Wildman–Crippen LogP) is 2.99. The largest absolute Gasteiger partial charge is 0.381 e. The summed E-state index contributed by atoms with van der Waals surface area (Å²) in [5.74, 6) is 1.84. The lowest BCUT2D eigenvalue weighted by molar-refractivity contribution is 0.123. The van der Waals surface area contributed by atoms with Crippen molar-refractivity contribution in [1.82, 2.24) is 15.5 Å². The van der Waals surface area contributed by atoms with Crippen molar-refractivity contribution >= 4 is 29.9 Å². The van der Waals surface area contributed by atoms with Crippen molar-refractivity contribution < 1.29 is 4.74 Å². The van der Waals surface area contributed by atoms with Gasteiger partial charge in [0, 0.05) is 51.5 Å². The molecule has 146 valence electrons. The Morgan fingerprint density at radius 1 is 1.16 bits per heavy atom. The number of nitrogens with zero attached hydrogens (tertiary/aromatic N) is 2. The van der Waals surface area contributed by atoms with Gasteiger partial charge in [-0.05, 0) is 51.4 Å². The predicted molar refractivity (Wildman–Crippen MR) is 115 cm³/mol. The lowest BCUT2D eigenvalue weighted by Gasteiger charge is -2.24. The maximum atomic E-state index is 5.69. The highest BCUT2D eigenvalue weighted by molar-refractivity contribution is 14.0. The molecule has 1 saturated heterocycles. The van der Waals surface area contributed by atoms with Crippen LogP contribution in [-0.4, -0.2) is 62.3 Å². The number of rotatable bonds is 9. The Kier molecular flexibility index (Phi) is 9.84. The summed E-state index contributed by atoms with van der Waals surface area (Å²) >= 11 is 0. The molecule has 0 aromatic heterocycles. The average Bonchev–Trinajstić information content (AvgIpc) is 3.06. The summed E-state index contributed by atoms with van der Waals surface area (Å²) in [6.07, 6.45) is 10.6. The van der Waals surface area contributed by atoms with Gasteiger partial charge in [-0.15, -0.1) is 24.0 Å². The molecule has 6 heteroatoms. The third-order valence-electron chi connectivity index (χ3n) is 5.51. The fourth-order valence-electron chi connectivity index (χ4n) is 3.91. The van der Waals surface area contributed by atoms with E-state index in [1.807, 2.05) is 0 Å². The molecule has 3 rings (SSSR count). The van der Waals surface area contributed by atoms with Crippen molar-refractivity contribution in [3.8, 4) is 0 Å². The number of hydrogen-bond donors (Lipinski definition) is 2. The number of likely N-dealkylation sites (tertiary alicyclic amines) is 1. The molecule has 2 aliphatic carbocycles. The molecule has 1 heterocycles. The fraction of sp³-hybridized carbons (Fsp3) is 0.947. The molecule has 25 heavy (non-hydrogen) atoms. The number of nitrogens with one attached hydrogen (secondary N) is 2. The van der Waals surface area contributed by atoms with Crippen molar-refractivity contribution in [2.45, 2.75) is 70.4 Å². The highest BCUT2D eigenvalue weighted by atomic mass is 127. The first-order chi connectivity index (χ1) is 11.8. The summed E-state index contributed by atoms with van der Waals surface area (Å²) in [6, 6.07) is 1.40. The molecule has 2 N–H and O–H groups in total. The van der Waals surface area contributed by atoms with E-state index in [0.29, 0.717) is 6.04 Å². The van der Waals surface area contributed by atoms with Gasteiger partial charge >= 0.3 is 0 Å². The number of hydrogen-bond acceptors (Lipinski definition) is 3. The van der Waals surface area contributed by atoms with E-state index >= 15 is 0 Å². The van der Waals surface area contributed by atoms with Crippen LogP contribution in [0.15, 0.2) is 4.99 Å². The van der Waals surface area contributed by atoms with Crippen molar-refractivity contribution in [2.75, 3.05) is 39.4 Å². The van der Waals surface area contributed by atoms with E-state index in [1.165, 1.54) is 58.0 Å². The Balaban J connectivity index is 0.00000225. The molecule has 1 aliphatic heterocycles.